The summed E-state index contributed by atoms with van der Waals surface area (Å²) in [5.41, 5.74) is 1.12. The SMILES string of the molecule is CN1CCN(C(=O)c2ccc(Cl)c(NC(=O)c3ccc(F)cc3)c2)CC1. The van der Waals surface area contributed by atoms with Gasteiger partial charge in [0.25, 0.3) is 11.8 Å². The lowest BCUT2D eigenvalue weighted by molar-refractivity contribution is 0.0664. The molecule has 0 aliphatic carbocycles. The highest BCUT2D eigenvalue weighted by Gasteiger charge is 2.21. The zero-order valence-electron chi connectivity index (χ0n) is 14.3. The Labute approximate surface area is 156 Å². The van der Waals surface area contributed by atoms with Crippen LogP contribution in [-0.4, -0.2) is 54.8 Å². The van der Waals surface area contributed by atoms with Crippen LogP contribution in [0.1, 0.15) is 20.7 Å². The van der Waals surface area contributed by atoms with E-state index >= 15 is 0 Å². The standard InChI is InChI=1S/C19H19ClFN3O2/c1-23-8-10-24(11-9-23)19(26)14-4-7-16(20)17(12-14)22-18(25)13-2-5-15(21)6-3-13/h2-7,12H,8-11H2,1H3,(H,22,25). The number of hydrogen-bond donors (Lipinski definition) is 1. The molecule has 2 aromatic carbocycles. The number of benzene rings is 2. The van der Waals surface area contributed by atoms with Gasteiger partial charge >= 0.3 is 0 Å². The third-order valence-corrected chi connectivity index (χ3v) is 4.69. The fourth-order valence-electron chi connectivity index (χ4n) is 2.74. The largest absolute Gasteiger partial charge is 0.336 e. The van der Waals surface area contributed by atoms with Crippen LogP contribution in [0.25, 0.3) is 0 Å². The van der Waals surface area contributed by atoms with Gasteiger partial charge in [-0.15, -0.1) is 0 Å². The molecule has 0 spiro atoms. The average Bonchev–Trinajstić information content (AvgIpc) is 2.64. The Morgan fingerprint density at radius 1 is 1.00 bits per heavy atom. The predicted molar refractivity (Wildman–Crippen MR) is 99.2 cm³/mol. The molecule has 1 saturated heterocycles. The van der Waals surface area contributed by atoms with Crippen molar-refractivity contribution in [1.82, 2.24) is 9.80 Å². The number of carbonyl (C=O) groups excluding carboxylic acids is 2. The molecule has 1 aliphatic heterocycles. The van der Waals surface area contributed by atoms with Crippen molar-refractivity contribution in [1.29, 1.82) is 0 Å². The third kappa shape index (κ3) is 4.20. The van der Waals surface area contributed by atoms with Crippen LogP contribution in [-0.2, 0) is 0 Å². The summed E-state index contributed by atoms with van der Waals surface area (Å²) < 4.78 is 13.0. The summed E-state index contributed by atoms with van der Waals surface area (Å²) in [6, 6.07) is 10.0. The number of hydrogen-bond acceptors (Lipinski definition) is 3. The lowest BCUT2D eigenvalue weighted by Gasteiger charge is -2.32. The van der Waals surface area contributed by atoms with E-state index in [4.69, 9.17) is 11.6 Å². The molecule has 1 aliphatic rings. The molecule has 0 radical (unpaired) electrons. The molecule has 0 bridgehead atoms. The number of amides is 2. The molecule has 0 saturated carbocycles. The maximum Gasteiger partial charge on any atom is 0.255 e. The van der Waals surface area contributed by atoms with Gasteiger partial charge in [0.2, 0.25) is 0 Å². The normalized spacial score (nSPS) is 15.0. The first-order chi connectivity index (χ1) is 12.4. The zero-order chi connectivity index (χ0) is 18.7. The number of rotatable bonds is 3. The summed E-state index contributed by atoms with van der Waals surface area (Å²) in [6.45, 7) is 2.98. The minimum Gasteiger partial charge on any atom is -0.336 e. The number of piperazine rings is 1. The lowest BCUT2D eigenvalue weighted by atomic mass is 10.1. The quantitative estimate of drug-likeness (QED) is 0.896. The Bertz CT molecular complexity index is 818. The zero-order valence-corrected chi connectivity index (χ0v) is 15.1. The first-order valence-corrected chi connectivity index (χ1v) is 8.66. The second-order valence-electron chi connectivity index (χ2n) is 6.25. The average molecular weight is 376 g/mol. The second-order valence-corrected chi connectivity index (χ2v) is 6.66. The number of nitrogens with zero attached hydrogens (tertiary/aromatic N) is 2. The summed E-state index contributed by atoms with van der Waals surface area (Å²) in [5, 5.41) is 3.01. The predicted octanol–water partition coefficient (Wildman–Crippen LogP) is 3.12. The van der Waals surface area contributed by atoms with Gasteiger partial charge in [-0.1, -0.05) is 11.6 Å². The highest BCUT2D eigenvalue weighted by molar-refractivity contribution is 6.34. The molecule has 0 unspecified atom stereocenters. The van der Waals surface area contributed by atoms with E-state index in [0.717, 1.165) is 13.1 Å². The van der Waals surface area contributed by atoms with Gasteiger partial charge in [-0.25, -0.2) is 4.39 Å². The molecule has 3 rings (SSSR count). The van der Waals surface area contributed by atoms with E-state index < -0.39 is 11.7 Å². The van der Waals surface area contributed by atoms with Gasteiger partial charge in [-0.2, -0.15) is 0 Å². The van der Waals surface area contributed by atoms with Crippen LogP contribution in [0, 0.1) is 5.82 Å². The first-order valence-electron chi connectivity index (χ1n) is 8.28. The highest BCUT2D eigenvalue weighted by atomic mass is 35.5. The Morgan fingerprint density at radius 3 is 2.27 bits per heavy atom. The maximum absolute atomic E-state index is 13.0. The van der Waals surface area contributed by atoms with Gasteiger partial charge in [0.15, 0.2) is 0 Å². The monoisotopic (exact) mass is 375 g/mol. The molecule has 5 nitrogen and oxygen atoms in total. The second kappa shape index (κ2) is 7.85. The van der Waals surface area contributed by atoms with Gasteiger partial charge < -0.3 is 15.1 Å². The molecular formula is C19H19ClFN3O2. The minimum atomic E-state index is -0.420. The Hall–Kier alpha value is -2.44. The molecule has 26 heavy (non-hydrogen) atoms. The van der Waals surface area contributed by atoms with Crippen molar-refractivity contribution in [2.75, 3.05) is 38.5 Å². The van der Waals surface area contributed by atoms with Crippen molar-refractivity contribution >= 4 is 29.1 Å². The molecule has 2 aromatic rings. The summed E-state index contributed by atoms with van der Waals surface area (Å²) in [4.78, 5) is 28.9. The number of carbonyl (C=O) groups is 2. The number of nitrogens with one attached hydrogen (secondary N) is 1. The number of halogens is 2. The van der Waals surface area contributed by atoms with Gasteiger partial charge in [-0.05, 0) is 49.5 Å². The van der Waals surface area contributed by atoms with E-state index in [-0.39, 0.29) is 5.91 Å². The molecule has 2 amide bonds. The maximum atomic E-state index is 13.0. The van der Waals surface area contributed by atoms with Crippen molar-refractivity contribution in [2.24, 2.45) is 0 Å². The van der Waals surface area contributed by atoms with Crippen molar-refractivity contribution in [3.8, 4) is 0 Å². The Balaban J connectivity index is 1.76. The van der Waals surface area contributed by atoms with Crippen LogP contribution in [0.5, 0.6) is 0 Å². The molecule has 1 N–H and O–H groups in total. The minimum absolute atomic E-state index is 0.0907. The van der Waals surface area contributed by atoms with Gasteiger partial charge in [-0.3, -0.25) is 9.59 Å². The first kappa shape index (κ1) is 18.4. The summed E-state index contributed by atoms with van der Waals surface area (Å²) in [5.74, 6) is -0.928. The fourth-order valence-corrected chi connectivity index (χ4v) is 2.91. The molecule has 136 valence electrons. The van der Waals surface area contributed by atoms with Gasteiger partial charge in [0, 0.05) is 37.3 Å². The van der Waals surface area contributed by atoms with Crippen LogP contribution >= 0.6 is 11.6 Å². The molecule has 0 atom stereocenters. The summed E-state index contributed by atoms with van der Waals surface area (Å²) in [6.07, 6.45) is 0. The van der Waals surface area contributed by atoms with E-state index in [2.05, 4.69) is 10.2 Å². The Morgan fingerprint density at radius 2 is 1.62 bits per heavy atom. The van der Waals surface area contributed by atoms with Crippen molar-refractivity contribution < 1.29 is 14.0 Å². The third-order valence-electron chi connectivity index (χ3n) is 4.36. The summed E-state index contributed by atoms with van der Waals surface area (Å²) >= 11 is 6.16. The molecule has 0 aromatic heterocycles. The van der Waals surface area contributed by atoms with Gasteiger partial charge in [0.1, 0.15) is 5.82 Å². The van der Waals surface area contributed by atoms with E-state index in [9.17, 15) is 14.0 Å². The van der Waals surface area contributed by atoms with Crippen molar-refractivity contribution in [2.45, 2.75) is 0 Å². The molecule has 1 heterocycles. The molecule has 7 heteroatoms. The van der Waals surface area contributed by atoms with Crippen molar-refractivity contribution in [3.05, 3.63) is 64.4 Å². The molecular weight excluding hydrogens is 357 g/mol. The number of anilines is 1. The Kier molecular flexibility index (Phi) is 5.54. The van der Waals surface area contributed by atoms with E-state index in [1.54, 1.807) is 23.1 Å². The van der Waals surface area contributed by atoms with Crippen LogP contribution in [0.4, 0.5) is 10.1 Å². The smallest absolute Gasteiger partial charge is 0.255 e. The van der Waals surface area contributed by atoms with Gasteiger partial charge in [0.05, 0.1) is 10.7 Å². The van der Waals surface area contributed by atoms with Crippen LogP contribution in [0.2, 0.25) is 5.02 Å². The van der Waals surface area contributed by atoms with Crippen LogP contribution in [0.15, 0.2) is 42.5 Å². The molecule has 1 fully saturated rings. The lowest BCUT2D eigenvalue weighted by Crippen LogP contribution is -2.47. The highest BCUT2D eigenvalue weighted by Crippen LogP contribution is 2.25. The van der Waals surface area contributed by atoms with Crippen LogP contribution < -0.4 is 5.32 Å². The number of likely N-dealkylation sites (N-methyl/N-ethyl adjacent to an activating group) is 1. The topological polar surface area (TPSA) is 52.6 Å². The van der Waals surface area contributed by atoms with E-state index in [1.165, 1.54) is 24.3 Å². The fraction of sp³-hybridized carbons (Fsp3) is 0.263. The van der Waals surface area contributed by atoms with Crippen LogP contribution in [0.3, 0.4) is 0 Å². The van der Waals surface area contributed by atoms with Crippen molar-refractivity contribution in [3.63, 3.8) is 0 Å². The van der Waals surface area contributed by atoms with E-state index in [1.807, 2.05) is 7.05 Å². The van der Waals surface area contributed by atoms with E-state index in [0.29, 0.717) is 34.9 Å². The summed E-state index contributed by atoms with van der Waals surface area (Å²) in [7, 11) is 2.02.